The Morgan fingerprint density at radius 1 is 1.12 bits per heavy atom. The molecule has 3 amide bonds. The fraction of sp³-hybridized carbons (Fsp3) is 0.167. The highest BCUT2D eigenvalue weighted by Gasteiger charge is 2.50. The van der Waals surface area contributed by atoms with E-state index in [0.717, 1.165) is 17.0 Å². The maximum atomic E-state index is 14.1. The van der Waals surface area contributed by atoms with Gasteiger partial charge in [-0.3, -0.25) is 14.5 Å². The van der Waals surface area contributed by atoms with Crippen molar-refractivity contribution in [3.63, 3.8) is 0 Å². The third-order valence-corrected chi connectivity index (χ3v) is 4.14. The highest BCUT2D eigenvalue weighted by molar-refractivity contribution is 6.11. The van der Waals surface area contributed by atoms with Gasteiger partial charge in [0.1, 0.15) is 17.2 Å². The predicted molar refractivity (Wildman–Crippen MR) is 84.7 cm³/mol. The van der Waals surface area contributed by atoms with Gasteiger partial charge in [0.2, 0.25) is 0 Å². The van der Waals surface area contributed by atoms with Gasteiger partial charge in [0, 0.05) is 17.2 Å². The second kappa shape index (κ2) is 6.08. The number of halogens is 2. The molecule has 128 valence electrons. The minimum Gasteiger partial charge on any atom is -0.319 e. The van der Waals surface area contributed by atoms with Gasteiger partial charge in [0.25, 0.3) is 5.91 Å². The van der Waals surface area contributed by atoms with Crippen LogP contribution in [0, 0.1) is 11.6 Å². The summed E-state index contributed by atoms with van der Waals surface area (Å²) in [5.41, 5.74) is -1.52. The van der Waals surface area contributed by atoms with Crippen molar-refractivity contribution in [2.45, 2.75) is 12.5 Å². The lowest BCUT2D eigenvalue weighted by Crippen LogP contribution is -2.42. The van der Waals surface area contributed by atoms with Crippen LogP contribution in [-0.2, 0) is 10.3 Å². The van der Waals surface area contributed by atoms with Crippen molar-refractivity contribution in [3.05, 3.63) is 71.3 Å². The molecule has 0 aromatic heterocycles. The number of carbonyl (C=O) groups is 3. The van der Waals surface area contributed by atoms with Crippen LogP contribution in [0.1, 0.15) is 22.8 Å². The number of hydrogen-bond acceptors (Lipinski definition) is 3. The molecule has 25 heavy (non-hydrogen) atoms. The van der Waals surface area contributed by atoms with E-state index in [9.17, 15) is 23.2 Å². The fourth-order valence-electron chi connectivity index (χ4n) is 2.78. The molecule has 1 aliphatic rings. The Balaban J connectivity index is 1.88. The summed E-state index contributed by atoms with van der Waals surface area (Å²) in [6.07, 6.45) is 0. The number of carbonyl (C=O) groups excluding carboxylic acids is 3. The summed E-state index contributed by atoms with van der Waals surface area (Å²) >= 11 is 0. The maximum absolute atomic E-state index is 14.1. The Labute approximate surface area is 142 Å². The van der Waals surface area contributed by atoms with E-state index >= 15 is 0 Å². The van der Waals surface area contributed by atoms with E-state index < -0.39 is 41.4 Å². The van der Waals surface area contributed by atoms with Crippen molar-refractivity contribution in [2.24, 2.45) is 0 Å². The van der Waals surface area contributed by atoms with Gasteiger partial charge in [0.05, 0.1) is 6.54 Å². The first-order valence-electron chi connectivity index (χ1n) is 7.51. The zero-order chi connectivity index (χ0) is 18.2. The average Bonchev–Trinajstić information content (AvgIpc) is 2.79. The van der Waals surface area contributed by atoms with Crippen LogP contribution in [-0.4, -0.2) is 29.2 Å². The minimum absolute atomic E-state index is 0.165. The number of rotatable bonds is 4. The van der Waals surface area contributed by atoms with Gasteiger partial charge in [-0.05, 0) is 13.0 Å². The van der Waals surface area contributed by atoms with Gasteiger partial charge < -0.3 is 5.32 Å². The molecule has 1 atom stereocenters. The Morgan fingerprint density at radius 2 is 1.80 bits per heavy atom. The SMILES string of the molecule is C[C@]1(c2ccc(F)cc2F)NC(=O)N(CC(=O)c2ccccc2)C1=O. The van der Waals surface area contributed by atoms with E-state index in [-0.39, 0.29) is 5.56 Å². The van der Waals surface area contributed by atoms with Crippen LogP contribution in [0.15, 0.2) is 48.5 Å². The smallest absolute Gasteiger partial charge is 0.319 e. The molecule has 0 bridgehead atoms. The number of urea groups is 1. The quantitative estimate of drug-likeness (QED) is 0.685. The molecule has 1 fully saturated rings. The molecule has 1 saturated heterocycles. The maximum Gasteiger partial charge on any atom is 0.325 e. The number of amides is 3. The number of imide groups is 1. The largest absolute Gasteiger partial charge is 0.325 e. The second-order valence-corrected chi connectivity index (χ2v) is 5.86. The van der Waals surface area contributed by atoms with E-state index in [1.54, 1.807) is 30.3 Å². The Morgan fingerprint density at radius 3 is 2.44 bits per heavy atom. The van der Waals surface area contributed by atoms with Crippen LogP contribution >= 0.6 is 0 Å². The molecule has 1 N–H and O–H groups in total. The molecule has 0 aliphatic carbocycles. The van der Waals surface area contributed by atoms with Crippen LogP contribution in [0.2, 0.25) is 0 Å². The summed E-state index contributed by atoms with van der Waals surface area (Å²) < 4.78 is 27.2. The van der Waals surface area contributed by atoms with E-state index in [1.165, 1.54) is 6.92 Å². The highest BCUT2D eigenvalue weighted by atomic mass is 19.1. The topological polar surface area (TPSA) is 66.5 Å². The van der Waals surface area contributed by atoms with Gasteiger partial charge in [-0.25, -0.2) is 13.6 Å². The van der Waals surface area contributed by atoms with Crippen molar-refractivity contribution in [2.75, 3.05) is 6.54 Å². The summed E-state index contributed by atoms with van der Waals surface area (Å²) in [6, 6.07) is 10.1. The van der Waals surface area contributed by atoms with Crippen molar-refractivity contribution in [3.8, 4) is 0 Å². The standard InChI is InChI=1S/C18H14F2N2O3/c1-18(13-8-7-12(19)9-14(13)20)16(24)22(17(25)21-18)10-15(23)11-5-3-2-4-6-11/h2-9H,10H2,1H3,(H,21,25)/t18-/m1/s1. The third kappa shape index (κ3) is 2.88. The van der Waals surface area contributed by atoms with Crippen molar-refractivity contribution < 1.29 is 23.2 Å². The van der Waals surface area contributed by atoms with E-state index in [2.05, 4.69) is 5.32 Å². The van der Waals surface area contributed by atoms with E-state index in [0.29, 0.717) is 11.6 Å². The Bertz CT molecular complexity index is 870. The third-order valence-electron chi connectivity index (χ3n) is 4.14. The van der Waals surface area contributed by atoms with Crippen LogP contribution in [0.4, 0.5) is 13.6 Å². The van der Waals surface area contributed by atoms with Gasteiger partial charge in [-0.2, -0.15) is 0 Å². The van der Waals surface area contributed by atoms with Crippen molar-refractivity contribution in [1.29, 1.82) is 0 Å². The summed E-state index contributed by atoms with van der Waals surface area (Å²) in [4.78, 5) is 37.8. The van der Waals surface area contributed by atoms with Gasteiger partial charge in [-0.15, -0.1) is 0 Å². The average molecular weight is 344 g/mol. The number of nitrogens with one attached hydrogen (secondary N) is 1. The number of ketones is 1. The van der Waals surface area contributed by atoms with Gasteiger partial charge in [-0.1, -0.05) is 36.4 Å². The lowest BCUT2D eigenvalue weighted by atomic mass is 9.91. The highest BCUT2D eigenvalue weighted by Crippen LogP contribution is 2.31. The van der Waals surface area contributed by atoms with Crippen molar-refractivity contribution >= 4 is 17.7 Å². The number of Topliss-reactive ketones (excluding diaryl/α,β-unsaturated/α-hetero) is 1. The molecular weight excluding hydrogens is 330 g/mol. The van der Waals surface area contributed by atoms with Gasteiger partial charge >= 0.3 is 6.03 Å². The summed E-state index contributed by atoms with van der Waals surface area (Å²) in [5.74, 6) is -2.94. The van der Waals surface area contributed by atoms with Crippen LogP contribution in [0.5, 0.6) is 0 Å². The number of hydrogen-bond donors (Lipinski definition) is 1. The molecule has 7 heteroatoms. The van der Waals surface area contributed by atoms with Crippen LogP contribution in [0.25, 0.3) is 0 Å². The monoisotopic (exact) mass is 344 g/mol. The molecule has 5 nitrogen and oxygen atoms in total. The summed E-state index contributed by atoms with van der Waals surface area (Å²) in [6.45, 7) is 0.851. The molecule has 0 spiro atoms. The molecule has 0 radical (unpaired) electrons. The molecule has 2 aromatic carbocycles. The number of nitrogens with zero attached hydrogens (tertiary/aromatic N) is 1. The zero-order valence-electron chi connectivity index (χ0n) is 13.3. The number of benzene rings is 2. The molecule has 0 saturated carbocycles. The predicted octanol–water partition coefficient (Wildman–Crippen LogP) is 2.61. The first kappa shape index (κ1) is 16.8. The molecule has 1 aliphatic heterocycles. The van der Waals surface area contributed by atoms with Crippen LogP contribution < -0.4 is 5.32 Å². The van der Waals surface area contributed by atoms with Crippen molar-refractivity contribution in [1.82, 2.24) is 10.2 Å². The normalized spacial score (nSPS) is 19.9. The van der Waals surface area contributed by atoms with Crippen LogP contribution in [0.3, 0.4) is 0 Å². The summed E-state index contributed by atoms with van der Waals surface area (Å²) in [7, 11) is 0. The summed E-state index contributed by atoms with van der Waals surface area (Å²) in [5, 5.41) is 2.39. The Kier molecular flexibility index (Phi) is 4.08. The molecular formula is C18H14F2N2O3. The molecule has 1 heterocycles. The molecule has 0 unspecified atom stereocenters. The Hall–Kier alpha value is -3.09. The second-order valence-electron chi connectivity index (χ2n) is 5.86. The van der Waals surface area contributed by atoms with Gasteiger partial charge in [0.15, 0.2) is 5.78 Å². The lowest BCUT2D eigenvalue weighted by molar-refractivity contribution is -0.130. The molecule has 2 aromatic rings. The molecule has 3 rings (SSSR count). The fourth-order valence-corrected chi connectivity index (χ4v) is 2.78. The first-order valence-corrected chi connectivity index (χ1v) is 7.51. The van der Waals surface area contributed by atoms with E-state index in [4.69, 9.17) is 0 Å². The minimum atomic E-state index is -1.70. The zero-order valence-corrected chi connectivity index (χ0v) is 13.3. The first-order chi connectivity index (χ1) is 11.8. The lowest BCUT2D eigenvalue weighted by Gasteiger charge is -2.22. The van der Waals surface area contributed by atoms with E-state index in [1.807, 2.05) is 0 Å².